The van der Waals surface area contributed by atoms with Crippen LogP contribution in [-0.4, -0.2) is 11.2 Å². The Morgan fingerprint density at radius 1 is 0.800 bits per heavy atom. The van der Waals surface area contributed by atoms with Crippen molar-refractivity contribution < 1.29 is 5.11 Å². The molecule has 0 aromatic rings. The molecule has 10 atom stereocenters. The van der Waals surface area contributed by atoms with Crippen LogP contribution in [0, 0.1) is 58.2 Å². The smallest absolute Gasteiger partial charge is 0.0573 e. The van der Waals surface area contributed by atoms with E-state index in [1.165, 1.54) is 70.6 Å². The standard InChI is InChI=1S/C29H52O/c1-7-21(19(2)3)11-10-20(4)23-14-15-24-22-12-13-26-27(30)9-8-17-28(26,5)25(22)16-18-29(23,24)6/h19-27,30H,7-18H2,1-6H3/t20-,21-,22+,23-,24+,25+,26?,27?,28-,29-/m1/s1. The van der Waals surface area contributed by atoms with Crippen molar-refractivity contribution in [3.05, 3.63) is 0 Å². The van der Waals surface area contributed by atoms with Crippen LogP contribution in [0.25, 0.3) is 0 Å². The van der Waals surface area contributed by atoms with Crippen molar-refractivity contribution in [2.45, 2.75) is 125 Å². The molecule has 0 bridgehead atoms. The number of fused-ring (bicyclic) bond motifs is 5. The molecule has 4 saturated carbocycles. The summed E-state index contributed by atoms with van der Waals surface area (Å²) in [5, 5.41) is 10.8. The molecular weight excluding hydrogens is 364 g/mol. The van der Waals surface area contributed by atoms with Gasteiger partial charge in [0, 0.05) is 0 Å². The first kappa shape index (κ1) is 23.1. The van der Waals surface area contributed by atoms with Crippen molar-refractivity contribution in [2.75, 3.05) is 0 Å². The van der Waals surface area contributed by atoms with E-state index in [4.69, 9.17) is 0 Å². The molecule has 4 fully saturated rings. The van der Waals surface area contributed by atoms with Gasteiger partial charge in [-0.15, -0.1) is 0 Å². The minimum absolute atomic E-state index is 0.0122. The van der Waals surface area contributed by atoms with E-state index in [0.717, 1.165) is 47.8 Å². The molecular formula is C29H52O. The predicted molar refractivity (Wildman–Crippen MR) is 128 cm³/mol. The molecule has 2 unspecified atom stereocenters. The van der Waals surface area contributed by atoms with E-state index in [2.05, 4.69) is 41.5 Å². The molecule has 0 aromatic carbocycles. The van der Waals surface area contributed by atoms with Crippen LogP contribution in [0.1, 0.15) is 119 Å². The maximum absolute atomic E-state index is 10.8. The third-order valence-corrected chi connectivity index (χ3v) is 11.8. The SMILES string of the molecule is CC[C@H](CC[C@@H](C)[C@H]1CC[C@H]2[C@@H]3CCC4C(O)CCC[C@]4(C)[C@H]3CC[C@]12C)C(C)C. The minimum atomic E-state index is -0.0122. The number of hydrogen-bond acceptors (Lipinski definition) is 1. The number of aliphatic hydroxyl groups excluding tert-OH is 1. The fourth-order valence-electron chi connectivity index (χ4n) is 10.0. The Bertz CT molecular complexity index is 583. The molecule has 4 rings (SSSR count). The summed E-state index contributed by atoms with van der Waals surface area (Å²) in [6.45, 7) is 15.1. The van der Waals surface area contributed by atoms with Crippen molar-refractivity contribution in [1.82, 2.24) is 0 Å². The van der Waals surface area contributed by atoms with Gasteiger partial charge in [0.05, 0.1) is 6.10 Å². The summed E-state index contributed by atoms with van der Waals surface area (Å²) in [6, 6.07) is 0. The van der Waals surface area contributed by atoms with Gasteiger partial charge in [-0.25, -0.2) is 0 Å². The zero-order chi connectivity index (χ0) is 21.7. The second kappa shape index (κ2) is 8.72. The summed E-state index contributed by atoms with van der Waals surface area (Å²) in [5.74, 6) is 7.01. The van der Waals surface area contributed by atoms with Crippen molar-refractivity contribution in [2.24, 2.45) is 58.2 Å². The molecule has 30 heavy (non-hydrogen) atoms. The van der Waals surface area contributed by atoms with Gasteiger partial charge in [0.15, 0.2) is 0 Å². The van der Waals surface area contributed by atoms with Gasteiger partial charge in [-0.05, 0) is 116 Å². The second-order valence-electron chi connectivity index (χ2n) is 13.2. The first-order chi connectivity index (χ1) is 14.2. The summed E-state index contributed by atoms with van der Waals surface area (Å²) in [7, 11) is 0. The number of hydrogen-bond donors (Lipinski definition) is 1. The highest BCUT2D eigenvalue weighted by Gasteiger charge is 2.61. The lowest BCUT2D eigenvalue weighted by molar-refractivity contribution is -0.145. The minimum Gasteiger partial charge on any atom is -0.393 e. The molecule has 1 N–H and O–H groups in total. The van der Waals surface area contributed by atoms with Gasteiger partial charge in [0.25, 0.3) is 0 Å². The third kappa shape index (κ3) is 3.72. The molecule has 0 amide bonds. The lowest BCUT2D eigenvalue weighted by Gasteiger charge is -2.61. The van der Waals surface area contributed by atoms with Gasteiger partial charge in [0.2, 0.25) is 0 Å². The molecule has 0 aromatic heterocycles. The van der Waals surface area contributed by atoms with Crippen LogP contribution < -0.4 is 0 Å². The molecule has 174 valence electrons. The Hall–Kier alpha value is -0.0400. The Morgan fingerprint density at radius 2 is 1.50 bits per heavy atom. The van der Waals surface area contributed by atoms with Crippen LogP contribution in [0.2, 0.25) is 0 Å². The van der Waals surface area contributed by atoms with Crippen LogP contribution in [0.4, 0.5) is 0 Å². The van der Waals surface area contributed by atoms with Crippen molar-refractivity contribution in [3.8, 4) is 0 Å². The van der Waals surface area contributed by atoms with Crippen molar-refractivity contribution >= 4 is 0 Å². The maximum atomic E-state index is 10.8. The van der Waals surface area contributed by atoms with Gasteiger partial charge in [0.1, 0.15) is 0 Å². The lowest BCUT2D eigenvalue weighted by atomic mass is 9.44. The van der Waals surface area contributed by atoms with E-state index in [-0.39, 0.29) is 6.10 Å². The monoisotopic (exact) mass is 416 g/mol. The average molecular weight is 417 g/mol. The van der Waals surface area contributed by atoms with Crippen LogP contribution >= 0.6 is 0 Å². The third-order valence-electron chi connectivity index (χ3n) is 11.8. The van der Waals surface area contributed by atoms with Crippen molar-refractivity contribution in [3.63, 3.8) is 0 Å². The average Bonchev–Trinajstić information content (AvgIpc) is 3.05. The summed E-state index contributed by atoms with van der Waals surface area (Å²) < 4.78 is 0. The van der Waals surface area contributed by atoms with Gasteiger partial charge in [-0.1, -0.05) is 60.8 Å². The lowest BCUT2D eigenvalue weighted by Crippen LogP contribution is -2.55. The zero-order valence-electron chi connectivity index (χ0n) is 21.1. The summed E-state index contributed by atoms with van der Waals surface area (Å²) in [5.41, 5.74) is 1.02. The van der Waals surface area contributed by atoms with E-state index < -0.39 is 0 Å². The van der Waals surface area contributed by atoms with Crippen molar-refractivity contribution in [1.29, 1.82) is 0 Å². The highest BCUT2D eigenvalue weighted by atomic mass is 16.3. The number of aliphatic hydroxyl groups is 1. The van der Waals surface area contributed by atoms with Gasteiger partial charge >= 0.3 is 0 Å². The Balaban J connectivity index is 1.46. The molecule has 0 heterocycles. The molecule has 4 aliphatic carbocycles. The highest BCUT2D eigenvalue weighted by Crippen LogP contribution is 2.68. The zero-order valence-corrected chi connectivity index (χ0v) is 21.1. The molecule has 0 saturated heterocycles. The van der Waals surface area contributed by atoms with Gasteiger partial charge < -0.3 is 5.11 Å². The van der Waals surface area contributed by atoms with E-state index in [1.807, 2.05) is 0 Å². The summed E-state index contributed by atoms with van der Waals surface area (Å²) in [4.78, 5) is 0. The second-order valence-corrected chi connectivity index (χ2v) is 13.2. The predicted octanol–water partition coefficient (Wildman–Crippen LogP) is 8.10. The quantitative estimate of drug-likeness (QED) is 0.463. The van der Waals surface area contributed by atoms with E-state index in [1.54, 1.807) is 0 Å². The Labute approximate surface area is 188 Å². The maximum Gasteiger partial charge on any atom is 0.0573 e. The number of rotatable bonds is 6. The van der Waals surface area contributed by atoms with Gasteiger partial charge in [-0.2, -0.15) is 0 Å². The van der Waals surface area contributed by atoms with E-state index in [0.29, 0.717) is 16.7 Å². The highest BCUT2D eigenvalue weighted by molar-refractivity contribution is 5.10. The Kier molecular flexibility index (Phi) is 6.72. The molecule has 1 nitrogen and oxygen atoms in total. The van der Waals surface area contributed by atoms with Crippen LogP contribution in [0.15, 0.2) is 0 Å². The Morgan fingerprint density at radius 3 is 2.20 bits per heavy atom. The molecule has 4 aliphatic rings. The normalized spacial score (nSPS) is 48.0. The first-order valence-corrected chi connectivity index (χ1v) is 13.9. The molecule has 1 heteroatoms. The largest absolute Gasteiger partial charge is 0.393 e. The summed E-state index contributed by atoms with van der Waals surface area (Å²) in [6.07, 6.45) is 16.6. The molecule has 0 aliphatic heterocycles. The fraction of sp³-hybridized carbons (Fsp3) is 1.00. The fourth-order valence-corrected chi connectivity index (χ4v) is 10.0. The van der Waals surface area contributed by atoms with Crippen LogP contribution in [0.3, 0.4) is 0 Å². The van der Waals surface area contributed by atoms with E-state index >= 15 is 0 Å². The topological polar surface area (TPSA) is 20.2 Å². The molecule has 0 radical (unpaired) electrons. The van der Waals surface area contributed by atoms with E-state index in [9.17, 15) is 5.11 Å². The first-order valence-electron chi connectivity index (χ1n) is 13.9. The summed E-state index contributed by atoms with van der Waals surface area (Å²) >= 11 is 0. The van der Waals surface area contributed by atoms with Crippen LogP contribution in [0.5, 0.6) is 0 Å². The molecule has 0 spiro atoms. The van der Waals surface area contributed by atoms with Crippen LogP contribution in [-0.2, 0) is 0 Å². The van der Waals surface area contributed by atoms with Gasteiger partial charge in [-0.3, -0.25) is 0 Å².